The first-order chi connectivity index (χ1) is 18.2. The van der Waals surface area contributed by atoms with Gasteiger partial charge in [-0.2, -0.15) is 0 Å². The Balaban J connectivity index is 1.86. The summed E-state index contributed by atoms with van der Waals surface area (Å²) in [5.41, 5.74) is 0.471. The first-order valence-electron chi connectivity index (χ1n) is 13.3. The van der Waals surface area contributed by atoms with Gasteiger partial charge in [0.2, 0.25) is 15.9 Å². The fourth-order valence-electron chi connectivity index (χ4n) is 5.65. The highest BCUT2D eigenvalue weighted by Crippen LogP contribution is 2.53. The molecule has 10 heteroatoms. The Morgan fingerprint density at radius 2 is 1.74 bits per heavy atom. The van der Waals surface area contributed by atoms with Crippen LogP contribution in [0.4, 0.5) is 0 Å². The van der Waals surface area contributed by atoms with Crippen LogP contribution in [-0.4, -0.2) is 47.6 Å². The van der Waals surface area contributed by atoms with Crippen molar-refractivity contribution in [2.45, 2.75) is 76.1 Å². The molecule has 2 aliphatic rings. The summed E-state index contributed by atoms with van der Waals surface area (Å²) in [6, 6.07) is 13.7. The molecule has 212 valence electrons. The lowest BCUT2D eigenvalue weighted by Gasteiger charge is -2.53. The summed E-state index contributed by atoms with van der Waals surface area (Å²) in [6.07, 6.45) is 1.94. The van der Waals surface area contributed by atoms with E-state index in [2.05, 4.69) is 4.72 Å². The Bertz CT molecular complexity index is 1350. The van der Waals surface area contributed by atoms with Crippen LogP contribution in [0, 0.1) is 11.3 Å². The number of rotatable bonds is 10. The van der Waals surface area contributed by atoms with Crippen molar-refractivity contribution in [2.24, 2.45) is 11.3 Å². The minimum atomic E-state index is -3.58. The van der Waals surface area contributed by atoms with Crippen molar-refractivity contribution in [3.05, 3.63) is 69.7 Å². The van der Waals surface area contributed by atoms with Crippen molar-refractivity contribution in [1.29, 1.82) is 0 Å². The number of carboxylic acid groups (broad SMARTS) is 1. The molecule has 7 nitrogen and oxygen atoms in total. The Kier molecular flexibility index (Phi) is 8.44. The smallest absolute Gasteiger partial charge is 0.307 e. The van der Waals surface area contributed by atoms with E-state index < -0.39 is 44.2 Å². The SMILES string of the molecule is CC[C@@H](CNS(=O)(=O)C1(C)CC1)N1C(=O)[C@@](C)(C(C)C(=O)O)C[C@H](c2cccc(Cl)c2)[C@H]1c1ccc(Cl)cc1. The maximum absolute atomic E-state index is 14.5. The number of piperidine rings is 1. The summed E-state index contributed by atoms with van der Waals surface area (Å²) in [7, 11) is -3.58. The van der Waals surface area contributed by atoms with Gasteiger partial charge in [-0.25, -0.2) is 13.1 Å². The van der Waals surface area contributed by atoms with E-state index in [1.54, 1.807) is 43.9 Å². The van der Waals surface area contributed by atoms with Crippen LogP contribution >= 0.6 is 23.2 Å². The lowest BCUT2D eigenvalue weighted by atomic mass is 9.63. The normalized spacial score (nSPS) is 26.2. The first-order valence-corrected chi connectivity index (χ1v) is 15.5. The predicted octanol–water partition coefficient (Wildman–Crippen LogP) is 6.03. The molecule has 2 aromatic carbocycles. The quantitative estimate of drug-likeness (QED) is 0.349. The van der Waals surface area contributed by atoms with Crippen molar-refractivity contribution in [3.63, 3.8) is 0 Å². The van der Waals surface area contributed by atoms with E-state index >= 15 is 0 Å². The largest absolute Gasteiger partial charge is 0.481 e. The van der Waals surface area contributed by atoms with Crippen LogP contribution < -0.4 is 4.72 Å². The Morgan fingerprint density at radius 1 is 1.10 bits per heavy atom. The molecule has 0 spiro atoms. The molecule has 1 heterocycles. The second-order valence-corrected chi connectivity index (χ2v) is 14.6. The Labute approximate surface area is 240 Å². The summed E-state index contributed by atoms with van der Waals surface area (Å²) < 4.78 is 28.0. The highest BCUT2D eigenvalue weighted by molar-refractivity contribution is 7.91. The average molecular weight is 596 g/mol. The molecule has 5 atom stereocenters. The highest BCUT2D eigenvalue weighted by Gasteiger charge is 2.56. The van der Waals surface area contributed by atoms with E-state index in [0.29, 0.717) is 29.3 Å². The zero-order chi connectivity index (χ0) is 28.8. The number of benzene rings is 2. The monoisotopic (exact) mass is 594 g/mol. The lowest BCUT2D eigenvalue weighted by Crippen LogP contribution is -2.60. The molecule has 4 rings (SSSR count). The van der Waals surface area contributed by atoms with Crippen molar-refractivity contribution in [3.8, 4) is 0 Å². The number of likely N-dealkylation sites (tertiary alicyclic amines) is 1. The highest BCUT2D eigenvalue weighted by atomic mass is 35.5. The molecule has 2 fully saturated rings. The van der Waals surface area contributed by atoms with E-state index in [9.17, 15) is 23.1 Å². The number of nitrogens with one attached hydrogen (secondary N) is 1. The molecule has 0 bridgehead atoms. The predicted molar refractivity (Wildman–Crippen MR) is 153 cm³/mol. The molecule has 2 N–H and O–H groups in total. The zero-order valence-electron chi connectivity index (χ0n) is 22.7. The Hall–Kier alpha value is -2.13. The fraction of sp³-hybridized carbons (Fsp3) is 0.517. The number of hydrogen-bond donors (Lipinski definition) is 2. The third-order valence-corrected chi connectivity index (χ3v) is 11.6. The lowest BCUT2D eigenvalue weighted by molar-refractivity contribution is -0.166. The minimum Gasteiger partial charge on any atom is -0.481 e. The average Bonchev–Trinajstić information content (AvgIpc) is 3.65. The number of carbonyl (C=O) groups is 2. The minimum absolute atomic E-state index is 0.0318. The van der Waals surface area contributed by atoms with Gasteiger partial charge in [0.1, 0.15) is 0 Å². The van der Waals surface area contributed by atoms with Gasteiger partial charge in [-0.3, -0.25) is 9.59 Å². The maximum atomic E-state index is 14.5. The molecule has 1 aliphatic heterocycles. The molecule has 2 aromatic rings. The van der Waals surface area contributed by atoms with Gasteiger partial charge in [-0.05, 0) is 74.9 Å². The number of aliphatic carboxylic acids is 1. The van der Waals surface area contributed by atoms with Gasteiger partial charge < -0.3 is 10.0 Å². The number of nitrogens with zero attached hydrogens (tertiary/aromatic N) is 1. The Morgan fingerprint density at radius 3 is 2.28 bits per heavy atom. The molecule has 39 heavy (non-hydrogen) atoms. The second kappa shape index (κ2) is 11.0. The van der Waals surface area contributed by atoms with Crippen molar-refractivity contribution in [2.75, 3.05) is 6.54 Å². The zero-order valence-corrected chi connectivity index (χ0v) is 25.0. The van der Waals surface area contributed by atoms with Crippen LogP contribution in [-0.2, 0) is 19.6 Å². The molecule has 0 aromatic heterocycles. The van der Waals surface area contributed by atoms with E-state index in [1.165, 1.54) is 0 Å². The van der Waals surface area contributed by atoms with E-state index in [1.807, 2.05) is 37.3 Å². The molecule has 1 aliphatic carbocycles. The number of sulfonamides is 1. The third-order valence-electron chi connectivity index (χ3n) is 8.84. The van der Waals surface area contributed by atoms with Gasteiger partial charge in [-0.1, -0.05) is 61.3 Å². The summed E-state index contributed by atoms with van der Waals surface area (Å²) in [5, 5.41) is 11.1. The summed E-state index contributed by atoms with van der Waals surface area (Å²) >= 11 is 12.6. The molecule has 0 radical (unpaired) electrons. The van der Waals surface area contributed by atoms with Crippen molar-refractivity contribution >= 4 is 45.1 Å². The first kappa shape index (κ1) is 29.8. The number of carboxylic acids is 1. The third kappa shape index (κ3) is 5.71. The van der Waals surface area contributed by atoms with Crippen LogP contribution in [0.1, 0.15) is 76.5 Å². The molecular formula is C29H36Cl2N2O5S. The summed E-state index contributed by atoms with van der Waals surface area (Å²) in [6.45, 7) is 6.93. The van der Waals surface area contributed by atoms with Crippen LogP contribution in [0.25, 0.3) is 0 Å². The number of carbonyl (C=O) groups excluding carboxylic acids is 1. The summed E-state index contributed by atoms with van der Waals surface area (Å²) in [5.74, 6) is -2.64. The van der Waals surface area contributed by atoms with E-state index in [-0.39, 0.29) is 24.8 Å². The van der Waals surface area contributed by atoms with Gasteiger partial charge in [0.25, 0.3) is 0 Å². The van der Waals surface area contributed by atoms with Crippen LogP contribution in [0.2, 0.25) is 10.0 Å². The maximum Gasteiger partial charge on any atom is 0.307 e. The van der Waals surface area contributed by atoms with E-state index in [0.717, 1.165) is 11.1 Å². The van der Waals surface area contributed by atoms with Gasteiger partial charge in [0.05, 0.1) is 22.1 Å². The summed E-state index contributed by atoms with van der Waals surface area (Å²) in [4.78, 5) is 28.4. The molecule has 1 unspecified atom stereocenters. The van der Waals surface area contributed by atoms with Crippen LogP contribution in [0.15, 0.2) is 48.5 Å². The van der Waals surface area contributed by atoms with E-state index in [4.69, 9.17) is 23.2 Å². The van der Waals surface area contributed by atoms with Gasteiger partial charge in [0.15, 0.2) is 0 Å². The molecule has 1 saturated carbocycles. The molecule has 1 amide bonds. The number of hydrogen-bond acceptors (Lipinski definition) is 4. The van der Waals surface area contributed by atoms with Gasteiger partial charge >= 0.3 is 5.97 Å². The topological polar surface area (TPSA) is 104 Å². The number of halogens is 2. The van der Waals surface area contributed by atoms with Gasteiger partial charge in [-0.15, -0.1) is 0 Å². The number of amides is 1. The van der Waals surface area contributed by atoms with Crippen LogP contribution in [0.3, 0.4) is 0 Å². The van der Waals surface area contributed by atoms with Crippen LogP contribution in [0.5, 0.6) is 0 Å². The molecular weight excluding hydrogens is 559 g/mol. The van der Waals surface area contributed by atoms with Crippen molar-refractivity contribution < 1.29 is 23.1 Å². The van der Waals surface area contributed by atoms with Gasteiger partial charge in [0, 0.05) is 28.5 Å². The fourth-order valence-corrected chi connectivity index (χ4v) is 7.38. The van der Waals surface area contributed by atoms with Crippen molar-refractivity contribution in [1.82, 2.24) is 9.62 Å². The molecule has 1 saturated heterocycles. The standard InChI is InChI=1S/C29H36Cl2N2O5S/c1-5-23(17-32-39(37,38)28(3)13-14-28)33-25(19-9-11-21(30)12-10-19)24(20-7-6-8-22(31)15-20)16-29(4,27(33)36)18(2)26(34)35/h6-12,15,18,23-25,32H,5,13-14,16-17H2,1-4H3,(H,34,35)/t18?,23-,24+,25+,29+/m0/s1. The second-order valence-electron chi connectivity index (χ2n) is 11.4.